The first kappa shape index (κ1) is 19.7. The lowest BCUT2D eigenvalue weighted by Gasteiger charge is -2.33. The summed E-state index contributed by atoms with van der Waals surface area (Å²) >= 11 is 5.85. The predicted molar refractivity (Wildman–Crippen MR) is 113 cm³/mol. The zero-order valence-electron chi connectivity index (χ0n) is 15.7. The quantitative estimate of drug-likeness (QED) is 0.589. The van der Waals surface area contributed by atoms with E-state index in [0.29, 0.717) is 28.7 Å². The van der Waals surface area contributed by atoms with E-state index in [0.717, 1.165) is 11.1 Å². The highest BCUT2D eigenvalue weighted by Crippen LogP contribution is 2.36. The summed E-state index contributed by atoms with van der Waals surface area (Å²) in [4.78, 5) is 26.3. The van der Waals surface area contributed by atoms with Crippen molar-refractivity contribution < 1.29 is 14.3 Å². The van der Waals surface area contributed by atoms with Crippen molar-refractivity contribution in [3.05, 3.63) is 71.3 Å². The summed E-state index contributed by atoms with van der Waals surface area (Å²) in [6, 6.07) is 12.4. The van der Waals surface area contributed by atoms with Crippen LogP contribution in [0.2, 0.25) is 5.02 Å². The van der Waals surface area contributed by atoms with Crippen LogP contribution in [0.1, 0.15) is 19.4 Å². The van der Waals surface area contributed by atoms with Gasteiger partial charge in [0.15, 0.2) is 6.10 Å². The van der Waals surface area contributed by atoms with Gasteiger partial charge in [0.2, 0.25) is 5.91 Å². The minimum atomic E-state index is -0.595. The van der Waals surface area contributed by atoms with Crippen molar-refractivity contribution in [2.24, 2.45) is 0 Å². The van der Waals surface area contributed by atoms with Gasteiger partial charge >= 0.3 is 0 Å². The van der Waals surface area contributed by atoms with E-state index in [4.69, 9.17) is 16.3 Å². The molecule has 5 nitrogen and oxygen atoms in total. The van der Waals surface area contributed by atoms with Crippen LogP contribution in [0.3, 0.4) is 0 Å². The van der Waals surface area contributed by atoms with Crippen molar-refractivity contribution >= 4 is 40.9 Å². The van der Waals surface area contributed by atoms with E-state index in [2.05, 4.69) is 11.9 Å². The van der Waals surface area contributed by atoms with Gasteiger partial charge in [0, 0.05) is 29.4 Å². The molecule has 3 rings (SSSR count). The highest BCUT2D eigenvalue weighted by molar-refractivity contribution is 6.30. The van der Waals surface area contributed by atoms with Crippen LogP contribution in [-0.4, -0.2) is 24.5 Å². The van der Waals surface area contributed by atoms with Crippen LogP contribution in [0, 0.1) is 0 Å². The largest absolute Gasteiger partial charge is 0.479 e. The second-order valence-electron chi connectivity index (χ2n) is 6.70. The Morgan fingerprint density at radius 1 is 1.29 bits per heavy atom. The Morgan fingerprint density at radius 2 is 2.00 bits per heavy atom. The molecule has 1 aliphatic rings. The van der Waals surface area contributed by atoms with E-state index < -0.39 is 6.10 Å². The molecule has 28 heavy (non-hydrogen) atoms. The number of hydrogen-bond acceptors (Lipinski definition) is 3. The molecule has 1 unspecified atom stereocenters. The highest BCUT2D eigenvalue weighted by Gasteiger charge is 2.31. The van der Waals surface area contributed by atoms with Gasteiger partial charge in [0.1, 0.15) is 5.75 Å². The fourth-order valence-electron chi connectivity index (χ4n) is 2.85. The van der Waals surface area contributed by atoms with E-state index in [1.54, 1.807) is 48.2 Å². The van der Waals surface area contributed by atoms with Crippen LogP contribution >= 0.6 is 11.6 Å². The number of fused-ring (bicyclic) bond motifs is 1. The number of ether oxygens (including phenoxy) is 1. The summed E-state index contributed by atoms with van der Waals surface area (Å²) in [6.07, 6.45) is 2.56. The van der Waals surface area contributed by atoms with E-state index in [-0.39, 0.29) is 11.8 Å². The molecule has 144 valence electrons. The van der Waals surface area contributed by atoms with E-state index >= 15 is 0 Å². The normalized spacial score (nSPS) is 15.9. The fraction of sp³-hybridized carbons (Fsp3) is 0.182. The zero-order valence-corrected chi connectivity index (χ0v) is 16.5. The van der Waals surface area contributed by atoms with Crippen molar-refractivity contribution in [3.8, 4) is 5.75 Å². The molecular formula is C22H21ClN2O3. The number of hydrogen-bond donors (Lipinski definition) is 1. The number of rotatable bonds is 5. The molecule has 2 aromatic carbocycles. The number of nitrogens with zero attached hydrogens (tertiary/aromatic N) is 1. The standard InChI is InChI=1S/C22H21ClN2O3/c1-14(2)13-25-19-10-9-18(12-20(19)28-15(3)22(25)27)24-21(26)11-6-16-4-7-17(23)8-5-16/h4-12,15H,1,13H2,2-3H3,(H,24,26)/b11-6+. The molecular weight excluding hydrogens is 376 g/mol. The molecule has 0 aliphatic carbocycles. The number of nitrogens with one attached hydrogen (secondary N) is 1. The number of anilines is 2. The molecule has 1 aliphatic heterocycles. The fourth-order valence-corrected chi connectivity index (χ4v) is 2.98. The summed E-state index contributed by atoms with van der Waals surface area (Å²) in [7, 11) is 0. The minimum Gasteiger partial charge on any atom is -0.479 e. The first-order valence-corrected chi connectivity index (χ1v) is 9.22. The smallest absolute Gasteiger partial charge is 0.268 e. The molecule has 0 aromatic heterocycles. The highest BCUT2D eigenvalue weighted by atomic mass is 35.5. The molecule has 1 heterocycles. The molecule has 0 saturated heterocycles. The molecule has 1 N–H and O–H groups in total. The zero-order chi connectivity index (χ0) is 20.3. The Hall–Kier alpha value is -3.05. The Balaban J connectivity index is 1.75. The van der Waals surface area contributed by atoms with Crippen LogP contribution in [0.25, 0.3) is 6.08 Å². The second kappa shape index (κ2) is 8.31. The van der Waals surface area contributed by atoms with E-state index in [9.17, 15) is 9.59 Å². The lowest BCUT2D eigenvalue weighted by Crippen LogP contribution is -2.45. The third-order valence-corrected chi connectivity index (χ3v) is 4.41. The molecule has 6 heteroatoms. The number of carbonyl (C=O) groups excluding carboxylic acids is 2. The Bertz CT molecular complexity index is 951. The van der Waals surface area contributed by atoms with Crippen molar-refractivity contribution in [2.45, 2.75) is 20.0 Å². The van der Waals surface area contributed by atoms with E-state index in [1.807, 2.05) is 19.1 Å². The lowest BCUT2D eigenvalue weighted by atomic mass is 10.1. The van der Waals surface area contributed by atoms with Gasteiger partial charge in [-0.3, -0.25) is 9.59 Å². The minimum absolute atomic E-state index is 0.113. The topological polar surface area (TPSA) is 58.6 Å². The average molecular weight is 397 g/mol. The van der Waals surface area contributed by atoms with Crippen molar-refractivity contribution in [3.63, 3.8) is 0 Å². The predicted octanol–water partition coefficient (Wildman–Crippen LogP) is 4.68. The molecule has 0 saturated carbocycles. The summed E-state index contributed by atoms with van der Waals surface area (Å²) in [5.41, 5.74) is 3.00. The third kappa shape index (κ3) is 4.61. The molecule has 0 bridgehead atoms. The Kier molecular flexibility index (Phi) is 5.85. The maximum Gasteiger partial charge on any atom is 0.268 e. The maximum absolute atomic E-state index is 12.4. The first-order valence-electron chi connectivity index (χ1n) is 8.84. The molecule has 2 aromatic rings. The monoisotopic (exact) mass is 396 g/mol. The van der Waals surface area contributed by atoms with Gasteiger partial charge in [0.05, 0.1) is 5.69 Å². The third-order valence-electron chi connectivity index (χ3n) is 4.16. The second-order valence-corrected chi connectivity index (χ2v) is 7.13. The van der Waals surface area contributed by atoms with Crippen LogP contribution in [0.4, 0.5) is 11.4 Å². The van der Waals surface area contributed by atoms with Gasteiger partial charge in [-0.05, 0) is 49.8 Å². The molecule has 2 amide bonds. The number of amides is 2. The molecule has 1 atom stereocenters. The van der Waals surface area contributed by atoms with Crippen LogP contribution < -0.4 is 15.0 Å². The van der Waals surface area contributed by atoms with Gasteiger partial charge < -0.3 is 15.0 Å². The lowest BCUT2D eigenvalue weighted by molar-refractivity contribution is -0.125. The SMILES string of the molecule is C=C(C)CN1C(=O)C(C)Oc2cc(NC(=O)/C=C/c3ccc(Cl)cc3)ccc21. The summed E-state index contributed by atoms with van der Waals surface area (Å²) in [6.45, 7) is 7.88. The average Bonchev–Trinajstić information content (AvgIpc) is 2.64. The Labute approximate surface area is 169 Å². The molecule has 0 fully saturated rings. The van der Waals surface area contributed by atoms with Crippen LogP contribution in [0.15, 0.2) is 60.7 Å². The van der Waals surface area contributed by atoms with Gasteiger partial charge in [-0.1, -0.05) is 35.9 Å². The summed E-state index contributed by atoms with van der Waals surface area (Å²) in [5.74, 6) is 0.166. The van der Waals surface area contributed by atoms with Crippen LogP contribution in [-0.2, 0) is 9.59 Å². The van der Waals surface area contributed by atoms with Crippen LogP contribution in [0.5, 0.6) is 5.75 Å². The van der Waals surface area contributed by atoms with E-state index in [1.165, 1.54) is 6.08 Å². The number of halogens is 1. The van der Waals surface area contributed by atoms with Gasteiger partial charge in [-0.2, -0.15) is 0 Å². The molecule has 0 radical (unpaired) electrons. The maximum atomic E-state index is 12.4. The summed E-state index contributed by atoms with van der Waals surface area (Å²) < 4.78 is 5.72. The van der Waals surface area contributed by atoms with Gasteiger partial charge in [-0.15, -0.1) is 0 Å². The number of carbonyl (C=O) groups is 2. The van der Waals surface area contributed by atoms with Gasteiger partial charge in [0.25, 0.3) is 5.91 Å². The summed E-state index contributed by atoms with van der Waals surface area (Å²) in [5, 5.41) is 3.45. The van der Waals surface area contributed by atoms with Crippen molar-refractivity contribution in [1.82, 2.24) is 0 Å². The van der Waals surface area contributed by atoms with Gasteiger partial charge in [-0.25, -0.2) is 0 Å². The Morgan fingerprint density at radius 3 is 2.68 bits per heavy atom. The first-order chi connectivity index (χ1) is 13.3. The van der Waals surface area contributed by atoms with Crippen molar-refractivity contribution in [2.75, 3.05) is 16.8 Å². The number of benzene rings is 2. The molecule has 0 spiro atoms. The van der Waals surface area contributed by atoms with Crippen molar-refractivity contribution in [1.29, 1.82) is 0 Å².